The summed E-state index contributed by atoms with van der Waals surface area (Å²) in [5.74, 6) is -0.663. The molecule has 34 heavy (non-hydrogen) atoms. The van der Waals surface area contributed by atoms with Gasteiger partial charge < -0.3 is 11.1 Å². The molecule has 0 aliphatic rings. The van der Waals surface area contributed by atoms with Gasteiger partial charge in [-0.25, -0.2) is 32.1 Å². The summed E-state index contributed by atoms with van der Waals surface area (Å²) in [6, 6.07) is 5.97. The van der Waals surface area contributed by atoms with Crippen molar-refractivity contribution < 1.29 is 17.6 Å². The molecule has 0 saturated carbocycles. The van der Waals surface area contributed by atoms with Gasteiger partial charge in [0.05, 0.1) is 23.1 Å². The third-order valence-electron chi connectivity index (χ3n) is 4.93. The number of aromatic amines is 1. The lowest BCUT2D eigenvalue weighted by Gasteiger charge is -2.20. The molecule has 0 spiro atoms. The van der Waals surface area contributed by atoms with Gasteiger partial charge in [0.15, 0.2) is 5.82 Å². The zero-order valence-electron chi connectivity index (χ0n) is 17.3. The minimum atomic E-state index is -3.09. The van der Waals surface area contributed by atoms with Crippen LogP contribution < -0.4 is 16.6 Å². The molecule has 0 amide bonds. The zero-order chi connectivity index (χ0) is 24.6. The summed E-state index contributed by atoms with van der Waals surface area (Å²) in [5, 5.41) is 18.2. The third-order valence-corrected chi connectivity index (χ3v) is 4.93. The van der Waals surface area contributed by atoms with E-state index in [9.17, 15) is 27.6 Å². The Kier molecular flexibility index (Phi) is 5.84. The van der Waals surface area contributed by atoms with Gasteiger partial charge in [-0.15, -0.1) is 0 Å². The standard InChI is InChI=1S/C20H15F4N9O/c1-8(28-17-10(7-25)14(16(23)24)30-20(26)31-17)18-29-11-4-2-3-9(15(21)22)13(11)19(34)33(18)12-5-6-27-32-12/h2-6,8,15-16H,1H3,(H,27,32)(H3,26,28,30,31)/t8-/m0/s1. The van der Waals surface area contributed by atoms with Crippen molar-refractivity contribution in [2.45, 2.75) is 25.8 Å². The van der Waals surface area contributed by atoms with E-state index >= 15 is 0 Å². The molecule has 1 atom stereocenters. The van der Waals surface area contributed by atoms with Crippen molar-refractivity contribution in [1.29, 1.82) is 5.26 Å². The number of benzene rings is 1. The van der Waals surface area contributed by atoms with Crippen LogP contribution in [-0.4, -0.2) is 29.7 Å². The Hall–Kier alpha value is -4.54. The fourth-order valence-electron chi connectivity index (χ4n) is 3.49. The summed E-state index contributed by atoms with van der Waals surface area (Å²) >= 11 is 0. The number of hydrogen-bond donors (Lipinski definition) is 3. The summed E-state index contributed by atoms with van der Waals surface area (Å²) in [5.41, 5.74) is 2.84. The van der Waals surface area contributed by atoms with Crippen LogP contribution in [0.3, 0.4) is 0 Å². The average molecular weight is 473 g/mol. The molecule has 174 valence electrons. The molecule has 4 aromatic rings. The molecule has 3 aromatic heterocycles. The van der Waals surface area contributed by atoms with Gasteiger partial charge in [-0.05, 0) is 13.0 Å². The molecule has 14 heteroatoms. The molecule has 1 aromatic carbocycles. The van der Waals surface area contributed by atoms with E-state index in [2.05, 4.69) is 30.5 Å². The van der Waals surface area contributed by atoms with Crippen molar-refractivity contribution in [1.82, 2.24) is 29.7 Å². The van der Waals surface area contributed by atoms with Crippen LogP contribution in [0.15, 0.2) is 35.3 Å². The first-order valence-corrected chi connectivity index (χ1v) is 9.68. The number of alkyl halides is 4. The summed E-state index contributed by atoms with van der Waals surface area (Å²) in [6.45, 7) is 1.51. The molecule has 0 saturated heterocycles. The molecule has 4 rings (SSSR count). The first-order chi connectivity index (χ1) is 16.2. The molecule has 3 heterocycles. The van der Waals surface area contributed by atoms with Crippen LogP contribution in [0, 0.1) is 11.3 Å². The molecule has 0 unspecified atom stereocenters. The van der Waals surface area contributed by atoms with E-state index in [1.54, 1.807) is 6.07 Å². The van der Waals surface area contributed by atoms with Crippen molar-refractivity contribution in [2.24, 2.45) is 0 Å². The number of nitrogen functional groups attached to an aromatic ring is 1. The lowest BCUT2D eigenvalue weighted by Crippen LogP contribution is -2.28. The van der Waals surface area contributed by atoms with E-state index < -0.39 is 47.2 Å². The van der Waals surface area contributed by atoms with Gasteiger partial charge in [0.25, 0.3) is 18.4 Å². The molecule has 0 radical (unpaired) electrons. The van der Waals surface area contributed by atoms with Crippen LogP contribution in [0.5, 0.6) is 0 Å². The number of nitrogens with two attached hydrogens (primary N) is 1. The Morgan fingerprint density at radius 3 is 2.53 bits per heavy atom. The number of nitrogens with zero attached hydrogens (tertiary/aromatic N) is 6. The number of fused-ring (bicyclic) bond motifs is 1. The fraction of sp³-hybridized carbons (Fsp3) is 0.200. The highest BCUT2D eigenvalue weighted by Gasteiger charge is 2.26. The number of halogens is 4. The second kappa shape index (κ2) is 8.77. The van der Waals surface area contributed by atoms with Crippen LogP contribution in [0.2, 0.25) is 0 Å². The normalized spacial score (nSPS) is 12.3. The van der Waals surface area contributed by atoms with Gasteiger partial charge in [0, 0.05) is 11.6 Å². The maximum Gasteiger partial charge on any atom is 0.281 e. The van der Waals surface area contributed by atoms with Crippen LogP contribution >= 0.6 is 0 Å². The number of nitriles is 1. The highest BCUT2D eigenvalue weighted by atomic mass is 19.3. The lowest BCUT2D eigenvalue weighted by atomic mass is 10.1. The quantitative estimate of drug-likeness (QED) is 0.361. The Balaban J connectivity index is 1.93. The zero-order valence-corrected chi connectivity index (χ0v) is 17.3. The topological polar surface area (TPSA) is 151 Å². The Bertz CT molecular complexity index is 1460. The minimum absolute atomic E-state index is 0.00167. The molecule has 0 aliphatic heterocycles. The number of hydrogen-bond acceptors (Lipinski definition) is 8. The molecule has 0 fully saturated rings. The maximum atomic E-state index is 13.6. The fourth-order valence-corrected chi connectivity index (χ4v) is 3.49. The van der Waals surface area contributed by atoms with Gasteiger partial charge in [0.2, 0.25) is 5.95 Å². The summed E-state index contributed by atoms with van der Waals surface area (Å²) in [6.07, 6.45) is -4.67. The number of nitrogens with one attached hydrogen (secondary N) is 2. The lowest BCUT2D eigenvalue weighted by molar-refractivity contribution is 0.145. The minimum Gasteiger partial charge on any atom is -0.368 e. The Morgan fingerprint density at radius 2 is 1.91 bits per heavy atom. The summed E-state index contributed by atoms with van der Waals surface area (Å²) in [7, 11) is 0. The van der Waals surface area contributed by atoms with E-state index in [0.717, 1.165) is 10.6 Å². The molecular weight excluding hydrogens is 458 g/mol. The average Bonchev–Trinajstić information content (AvgIpc) is 3.32. The second-order valence-corrected chi connectivity index (χ2v) is 7.06. The van der Waals surface area contributed by atoms with Crippen molar-refractivity contribution in [3.05, 3.63) is 63.5 Å². The first kappa shape index (κ1) is 22.6. The van der Waals surface area contributed by atoms with E-state index in [0.29, 0.717) is 0 Å². The van der Waals surface area contributed by atoms with Crippen molar-refractivity contribution >= 4 is 22.7 Å². The highest BCUT2D eigenvalue weighted by Crippen LogP contribution is 2.30. The smallest absolute Gasteiger partial charge is 0.281 e. The maximum absolute atomic E-state index is 13.6. The van der Waals surface area contributed by atoms with Crippen molar-refractivity contribution in [3.63, 3.8) is 0 Å². The largest absolute Gasteiger partial charge is 0.368 e. The molecule has 0 aliphatic carbocycles. The monoisotopic (exact) mass is 473 g/mol. The van der Waals surface area contributed by atoms with E-state index in [-0.39, 0.29) is 28.4 Å². The van der Waals surface area contributed by atoms with Crippen LogP contribution in [0.1, 0.15) is 48.5 Å². The molecule has 10 nitrogen and oxygen atoms in total. The van der Waals surface area contributed by atoms with Gasteiger partial charge in [-0.1, -0.05) is 12.1 Å². The van der Waals surface area contributed by atoms with Gasteiger partial charge in [-0.2, -0.15) is 15.3 Å². The number of rotatable bonds is 6. The van der Waals surface area contributed by atoms with Crippen LogP contribution in [0.4, 0.5) is 29.3 Å². The number of anilines is 2. The van der Waals surface area contributed by atoms with Crippen molar-refractivity contribution in [2.75, 3.05) is 11.1 Å². The molecule has 0 bridgehead atoms. The van der Waals surface area contributed by atoms with E-state index in [4.69, 9.17) is 5.73 Å². The molecular formula is C20H15F4N9O. The predicted molar refractivity (Wildman–Crippen MR) is 113 cm³/mol. The second-order valence-electron chi connectivity index (χ2n) is 7.06. The van der Waals surface area contributed by atoms with Gasteiger partial charge in [-0.3, -0.25) is 9.89 Å². The number of H-pyrrole nitrogens is 1. The summed E-state index contributed by atoms with van der Waals surface area (Å²) in [4.78, 5) is 25.0. The SMILES string of the molecule is C[C@H](Nc1nc(N)nc(C(F)F)c1C#N)c1nc2cccc(C(F)F)c2c(=O)n1-c1ccn[nH]1. The van der Waals surface area contributed by atoms with Crippen molar-refractivity contribution in [3.8, 4) is 11.9 Å². The number of aromatic nitrogens is 6. The van der Waals surface area contributed by atoms with Gasteiger partial charge >= 0.3 is 0 Å². The third kappa shape index (κ3) is 3.87. The van der Waals surface area contributed by atoms with Crippen LogP contribution in [-0.2, 0) is 0 Å². The Morgan fingerprint density at radius 1 is 1.15 bits per heavy atom. The molecule has 4 N–H and O–H groups in total. The first-order valence-electron chi connectivity index (χ1n) is 9.68. The van der Waals surface area contributed by atoms with Crippen LogP contribution in [0.25, 0.3) is 16.7 Å². The predicted octanol–water partition coefficient (Wildman–Crippen LogP) is 3.40. The summed E-state index contributed by atoms with van der Waals surface area (Å²) < 4.78 is 54.9. The van der Waals surface area contributed by atoms with E-state index in [1.807, 2.05) is 0 Å². The van der Waals surface area contributed by atoms with E-state index in [1.165, 1.54) is 31.3 Å². The highest BCUT2D eigenvalue weighted by molar-refractivity contribution is 5.82. The Labute approximate surface area is 188 Å². The van der Waals surface area contributed by atoms with Gasteiger partial charge in [0.1, 0.15) is 29.0 Å².